The molecule has 3 atom stereocenters. The molecule has 39 heavy (non-hydrogen) atoms. The third kappa shape index (κ3) is 5.97. The van der Waals surface area contributed by atoms with Crippen molar-refractivity contribution in [1.29, 1.82) is 0 Å². The normalized spacial score (nSPS) is 19.4. The van der Waals surface area contributed by atoms with Crippen LogP contribution in [0.15, 0.2) is 42.9 Å². The minimum Gasteiger partial charge on any atom is -0.349 e. The largest absolute Gasteiger partial charge is 0.349 e. The fraction of sp³-hybridized carbons (Fsp3) is 0.429. The Morgan fingerprint density at radius 2 is 1.97 bits per heavy atom. The fourth-order valence-corrected chi connectivity index (χ4v) is 5.39. The molecule has 0 aliphatic heterocycles. The molecule has 10 nitrogen and oxygen atoms in total. The lowest BCUT2D eigenvalue weighted by atomic mass is 9.64. The van der Waals surface area contributed by atoms with E-state index in [1.54, 1.807) is 12.3 Å². The lowest BCUT2D eigenvalue weighted by molar-refractivity contribution is -0.128. The van der Waals surface area contributed by atoms with Crippen molar-refractivity contribution in [3.05, 3.63) is 71.4 Å². The van der Waals surface area contributed by atoms with Gasteiger partial charge in [0, 0.05) is 41.6 Å². The van der Waals surface area contributed by atoms with Crippen LogP contribution in [-0.2, 0) is 4.79 Å². The molecule has 4 aromatic heterocycles. The Hall–Kier alpha value is -4.15. The predicted octanol–water partition coefficient (Wildman–Crippen LogP) is 5.07. The first-order valence-corrected chi connectivity index (χ1v) is 13.2. The maximum Gasteiger partial charge on any atom is 0.223 e. The number of aromatic amines is 1. The number of hydrogen-bond acceptors (Lipinski definition) is 7. The maximum absolute atomic E-state index is 13.3. The molecule has 0 radical (unpaired) electrons. The molecule has 1 saturated carbocycles. The van der Waals surface area contributed by atoms with Crippen LogP contribution in [-0.4, -0.2) is 40.8 Å². The van der Waals surface area contributed by atoms with E-state index in [2.05, 4.69) is 44.8 Å². The van der Waals surface area contributed by atoms with E-state index in [1.807, 2.05) is 39.0 Å². The molecule has 1 amide bonds. The first kappa shape index (κ1) is 26.5. The van der Waals surface area contributed by atoms with Crippen molar-refractivity contribution >= 4 is 17.5 Å². The van der Waals surface area contributed by atoms with E-state index < -0.39 is 5.82 Å². The van der Waals surface area contributed by atoms with Crippen molar-refractivity contribution in [2.75, 3.05) is 5.32 Å². The van der Waals surface area contributed by atoms with Crippen LogP contribution in [0.25, 0.3) is 5.82 Å². The first-order valence-electron chi connectivity index (χ1n) is 13.2. The van der Waals surface area contributed by atoms with Crippen molar-refractivity contribution in [3.8, 4) is 5.82 Å². The van der Waals surface area contributed by atoms with Gasteiger partial charge in [-0.1, -0.05) is 19.9 Å². The minimum atomic E-state index is -0.422. The summed E-state index contributed by atoms with van der Waals surface area (Å²) in [5.74, 6) is 2.37. The number of aryl methyl sites for hydroxylation is 2. The lowest BCUT2D eigenvalue weighted by Gasteiger charge is -2.41. The van der Waals surface area contributed by atoms with Crippen molar-refractivity contribution in [2.24, 2.45) is 11.3 Å². The Labute approximate surface area is 226 Å². The topological polar surface area (TPSA) is 126 Å². The molecule has 1 aliphatic rings. The van der Waals surface area contributed by atoms with Gasteiger partial charge in [0.05, 0.1) is 18.4 Å². The van der Waals surface area contributed by atoms with Gasteiger partial charge in [-0.15, -0.1) is 0 Å². The van der Waals surface area contributed by atoms with E-state index in [-0.39, 0.29) is 29.2 Å². The van der Waals surface area contributed by atoms with Gasteiger partial charge in [0.1, 0.15) is 11.6 Å². The monoisotopic (exact) mass is 531 g/mol. The molecule has 0 aromatic carbocycles. The summed E-state index contributed by atoms with van der Waals surface area (Å²) in [6.45, 7) is 10.2. The number of anilines is 2. The first-order chi connectivity index (χ1) is 18.6. The highest BCUT2D eigenvalue weighted by Crippen LogP contribution is 2.48. The van der Waals surface area contributed by atoms with Gasteiger partial charge in [0.25, 0.3) is 0 Å². The molecule has 0 unspecified atom stereocenters. The highest BCUT2D eigenvalue weighted by molar-refractivity contribution is 5.79. The molecule has 4 aromatic rings. The number of carbonyl (C=O) groups excluding carboxylic acids is 1. The summed E-state index contributed by atoms with van der Waals surface area (Å²) in [6.07, 6.45) is 6.40. The summed E-state index contributed by atoms with van der Waals surface area (Å²) in [5, 5.41) is 17.5. The summed E-state index contributed by atoms with van der Waals surface area (Å²) in [4.78, 5) is 27.3. The van der Waals surface area contributed by atoms with Gasteiger partial charge < -0.3 is 10.6 Å². The molecular formula is C28H34FN9O. The van der Waals surface area contributed by atoms with Gasteiger partial charge in [-0.05, 0) is 57.1 Å². The molecule has 11 heteroatoms. The van der Waals surface area contributed by atoms with E-state index in [4.69, 9.17) is 9.97 Å². The molecule has 1 fully saturated rings. The summed E-state index contributed by atoms with van der Waals surface area (Å²) in [5.41, 5.74) is 2.55. The number of halogens is 1. The number of hydrogen-bond donors (Lipinski definition) is 3. The fourth-order valence-electron chi connectivity index (χ4n) is 5.39. The zero-order valence-electron chi connectivity index (χ0n) is 22.9. The quantitative estimate of drug-likeness (QED) is 0.304. The Morgan fingerprint density at radius 3 is 2.62 bits per heavy atom. The van der Waals surface area contributed by atoms with Gasteiger partial charge in [-0.3, -0.25) is 9.89 Å². The van der Waals surface area contributed by atoms with Crippen LogP contribution >= 0.6 is 0 Å². The number of rotatable bonds is 7. The number of H-pyrrole nitrogens is 1. The Balaban J connectivity index is 1.23. The number of nitrogens with one attached hydrogen (secondary N) is 3. The standard InChI is InChI=1S/C28H34FN9O/c1-16-10-23(34-24-11-17(2)36-37-24)35-26(32-16)22-8-6-19(12-28(22,4)5)27(39)33-18(3)20-7-9-25(30-13-20)38-15-21(29)14-31-38/h7,9-11,13-15,18-19,22H,6,8,12H2,1-5H3,(H,33,39)(H2,32,34,35,36,37)/t18-,19+,22-/m0/s1. The SMILES string of the molecule is Cc1cc(Nc2cc(C)[nH]n2)nc([C@@H]2CC[C@@H](C(=O)N[C@@H](C)c3ccc(-n4cc(F)cn4)nc3)CC2(C)C)n1. The van der Waals surface area contributed by atoms with E-state index in [0.29, 0.717) is 17.5 Å². The number of nitrogens with zero attached hydrogens (tertiary/aromatic N) is 6. The minimum absolute atomic E-state index is 0.0358. The zero-order valence-corrected chi connectivity index (χ0v) is 22.9. The van der Waals surface area contributed by atoms with Gasteiger partial charge in [-0.25, -0.2) is 24.0 Å². The Bertz CT molecular complexity index is 1460. The second kappa shape index (κ2) is 10.5. The maximum atomic E-state index is 13.3. The number of pyridine rings is 1. The van der Waals surface area contributed by atoms with Gasteiger partial charge >= 0.3 is 0 Å². The molecule has 4 heterocycles. The molecule has 0 spiro atoms. The molecule has 1 aliphatic carbocycles. The molecule has 3 N–H and O–H groups in total. The van der Waals surface area contributed by atoms with E-state index in [1.165, 1.54) is 10.9 Å². The average Bonchev–Trinajstić information content (AvgIpc) is 3.50. The third-order valence-corrected chi connectivity index (χ3v) is 7.45. The smallest absolute Gasteiger partial charge is 0.223 e. The van der Waals surface area contributed by atoms with Crippen LogP contribution in [0.4, 0.5) is 16.0 Å². The van der Waals surface area contributed by atoms with Crippen LogP contribution < -0.4 is 10.6 Å². The van der Waals surface area contributed by atoms with Crippen molar-refractivity contribution < 1.29 is 9.18 Å². The molecule has 0 saturated heterocycles. The van der Waals surface area contributed by atoms with Gasteiger partial charge in [0.15, 0.2) is 17.5 Å². The van der Waals surface area contributed by atoms with Crippen molar-refractivity contribution in [1.82, 2.24) is 40.2 Å². The third-order valence-electron chi connectivity index (χ3n) is 7.45. The van der Waals surface area contributed by atoms with Crippen LogP contribution in [0.1, 0.15) is 74.8 Å². The molecule has 204 valence electrons. The highest BCUT2D eigenvalue weighted by atomic mass is 19.1. The van der Waals surface area contributed by atoms with Gasteiger partial charge in [-0.2, -0.15) is 10.2 Å². The van der Waals surface area contributed by atoms with Crippen molar-refractivity contribution in [2.45, 2.75) is 65.8 Å². The number of amides is 1. The van der Waals surface area contributed by atoms with Crippen LogP contribution in [0, 0.1) is 31.0 Å². The van der Waals surface area contributed by atoms with Crippen molar-refractivity contribution in [3.63, 3.8) is 0 Å². The lowest BCUT2D eigenvalue weighted by Crippen LogP contribution is -2.40. The van der Waals surface area contributed by atoms with E-state index in [0.717, 1.165) is 48.2 Å². The van der Waals surface area contributed by atoms with Crippen LogP contribution in [0.5, 0.6) is 0 Å². The summed E-state index contributed by atoms with van der Waals surface area (Å²) in [6, 6.07) is 7.26. The Morgan fingerprint density at radius 1 is 1.15 bits per heavy atom. The van der Waals surface area contributed by atoms with Crippen LogP contribution in [0.3, 0.4) is 0 Å². The predicted molar refractivity (Wildman–Crippen MR) is 145 cm³/mol. The summed E-state index contributed by atoms with van der Waals surface area (Å²) >= 11 is 0. The van der Waals surface area contributed by atoms with Crippen LogP contribution in [0.2, 0.25) is 0 Å². The summed E-state index contributed by atoms with van der Waals surface area (Å²) in [7, 11) is 0. The van der Waals surface area contributed by atoms with E-state index in [9.17, 15) is 9.18 Å². The molecule has 5 rings (SSSR count). The van der Waals surface area contributed by atoms with Gasteiger partial charge in [0.2, 0.25) is 5.91 Å². The second-order valence-electron chi connectivity index (χ2n) is 11.1. The van der Waals surface area contributed by atoms with E-state index >= 15 is 0 Å². The average molecular weight is 532 g/mol. The molecular weight excluding hydrogens is 497 g/mol. The Kier molecular flexibility index (Phi) is 7.16. The number of carbonyl (C=O) groups is 1. The number of aromatic nitrogens is 7. The molecule has 0 bridgehead atoms. The zero-order chi connectivity index (χ0) is 27.7. The second-order valence-corrected chi connectivity index (χ2v) is 11.1. The highest BCUT2D eigenvalue weighted by Gasteiger charge is 2.41. The summed E-state index contributed by atoms with van der Waals surface area (Å²) < 4.78 is 14.6.